The molecule has 0 bridgehead atoms. The maximum absolute atomic E-state index is 5.66. The first-order valence-corrected chi connectivity index (χ1v) is 7.97. The maximum Gasteiger partial charge on any atom is 0.336 e. The standard InChI is InChI=1S/C10H24O3Si/c1-5-7-8-12-10-13-14(4,11-3)9-6-2/h5-10H2,1-4H3. The van der Waals surface area contributed by atoms with Crippen LogP contribution in [0.4, 0.5) is 0 Å². The van der Waals surface area contributed by atoms with E-state index in [1.807, 2.05) is 0 Å². The zero-order valence-electron chi connectivity index (χ0n) is 9.97. The molecule has 0 rings (SSSR count). The molecule has 0 saturated carbocycles. The van der Waals surface area contributed by atoms with E-state index in [0.717, 1.165) is 31.9 Å². The van der Waals surface area contributed by atoms with Gasteiger partial charge in [0.1, 0.15) is 6.79 Å². The van der Waals surface area contributed by atoms with Crippen LogP contribution in [0.1, 0.15) is 33.1 Å². The Hall–Kier alpha value is 0.0969. The van der Waals surface area contributed by atoms with Gasteiger partial charge < -0.3 is 13.6 Å². The predicted molar refractivity (Wildman–Crippen MR) is 60.5 cm³/mol. The molecule has 0 saturated heterocycles. The molecule has 86 valence electrons. The predicted octanol–water partition coefficient (Wildman–Crippen LogP) is 2.91. The van der Waals surface area contributed by atoms with E-state index in [2.05, 4.69) is 20.4 Å². The van der Waals surface area contributed by atoms with E-state index in [1.54, 1.807) is 7.11 Å². The van der Waals surface area contributed by atoms with Gasteiger partial charge >= 0.3 is 8.56 Å². The van der Waals surface area contributed by atoms with Crippen molar-refractivity contribution in [3.05, 3.63) is 0 Å². The highest BCUT2D eigenvalue weighted by atomic mass is 28.4. The first-order chi connectivity index (χ1) is 6.68. The SMILES string of the molecule is CCCCOCO[Si](C)(CCC)OC. The van der Waals surface area contributed by atoms with Crippen molar-refractivity contribution in [1.82, 2.24) is 0 Å². The van der Waals surface area contributed by atoms with Crippen LogP contribution in [-0.4, -0.2) is 29.1 Å². The van der Waals surface area contributed by atoms with E-state index in [9.17, 15) is 0 Å². The summed E-state index contributed by atoms with van der Waals surface area (Å²) in [5, 5.41) is 0. The monoisotopic (exact) mass is 220 g/mol. The summed E-state index contributed by atoms with van der Waals surface area (Å²) < 4.78 is 16.4. The zero-order chi connectivity index (χ0) is 10.9. The van der Waals surface area contributed by atoms with E-state index < -0.39 is 8.56 Å². The fourth-order valence-corrected chi connectivity index (χ4v) is 2.87. The van der Waals surface area contributed by atoms with Crippen LogP contribution in [0.5, 0.6) is 0 Å². The summed E-state index contributed by atoms with van der Waals surface area (Å²) >= 11 is 0. The topological polar surface area (TPSA) is 27.7 Å². The van der Waals surface area contributed by atoms with E-state index in [4.69, 9.17) is 13.6 Å². The lowest BCUT2D eigenvalue weighted by Crippen LogP contribution is -2.37. The minimum Gasteiger partial charge on any atom is -0.398 e. The summed E-state index contributed by atoms with van der Waals surface area (Å²) in [4.78, 5) is 0. The van der Waals surface area contributed by atoms with Crippen molar-refractivity contribution in [3.63, 3.8) is 0 Å². The van der Waals surface area contributed by atoms with Gasteiger partial charge in [0.25, 0.3) is 0 Å². The molecule has 0 spiro atoms. The summed E-state index contributed by atoms with van der Waals surface area (Å²) in [6.45, 7) is 7.55. The molecule has 0 aromatic rings. The van der Waals surface area contributed by atoms with Gasteiger partial charge in [0.2, 0.25) is 0 Å². The fraction of sp³-hybridized carbons (Fsp3) is 1.00. The Bertz CT molecular complexity index is 133. The largest absolute Gasteiger partial charge is 0.398 e. The van der Waals surface area contributed by atoms with Crippen molar-refractivity contribution in [2.75, 3.05) is 20.5 Å². The van der Waals surface area contributed by atoms with Crippen LogP contribution in [0.25, 0.3) is 0 Å². The highest BCUT2D eigenvalue weighted by Crippen LogP contribution is 2.14. The Morgan fingerprint density at radius 3 is 2.36 bits per heavy atom. The molecular formula is C10H24O3Si. The quantitative estimate of drug-likeness (QED) is 0.340. The van der Waals surface area contributed by atoms with E-state index >= 15 is 0 Å². The van der Waals surface area contributed by atoms with Crippen LogP contribution >= 0.6 is 0 Å². The number of hydrogen-bond donors (Lipinski definition) is 0. The van der Waals surface area contributed by atoms with E-state index in [1.165, 1.54) is 0 Å². The molecule has 1 unspecified atom stereocenters. The second-order valence-corrected chi connectivity index (χ2v) is 7.08. The van der Waals surface area contributed by atoms with Gasteiger partial charge in [-0.3, -0.25) is 0 Å². The Morgan fingerprint density at radius 1 is 1.14 bits per heavy atom. The van der Waals surface area contributed by atoms with Crippen molar-refractivity contribution < 1.29 is 13.6 Å². The minimum absolute atomic E-state index is 0.385. The molecule has 14 heavy (non-hydrogen) atoms. The van der Waals surface area contributed by atoms with E-state index in [0.29, 0.717) is 6.79 Å². The van der Waals surface area contributed by atoms with Gasteiger partial charge in [-0.25, -0.2) is 0 Å². The normalized spacial score (nSPS) is 15.4. The molecule has 0 aliphatic carbocycles. The van der Waals surface area contributed by atoms with Crippen molar-refractivity contribution in [2.45, 2.75) is 45.7 Å². The third-order valence-electron chi connectivity index (χ3n) is 2.23. The Labute approximate surface area is 89.0 Å². The van der Waals surface area contributed by atoms with Gasteiger partial charge in [0.05, 0.1) is 0 Å². The minimum atomic E-state index is -1.91. The molecule has 0 aliphatic rings. The molecule has 0 aromatic heterocycles. The molecule has 0 N–H and O–H groups in total. The molecule has 0 aromatic carbocycles. The zero-order valence-corrected chi connectivity index (χ0v) is 11.0. The first kappa shape index (κ1) is 14.1. The summed E-state index contributed by atoms with van der Waals surface area (Å²) in [6.07, 6.45) is 3.36. The van der Waals surface area contributed by atoms with Gasteiger partial charge in [-0.1, -0.05) is 26.7 Å². The van der Waals surface area contributed by atoms with Crippen molar-refractivity contribution in [1.29, 1.82) is 0 Å². The fourth-order valence-electron chi connectivity index (χ4n) is 1.16. The van der Waals surface area contributed by atoms with Gasteiger partial charge in [-0.05, 0) is 19.0 Å². The smallest absolute Gasteiger partial charge is 0.336 e. The Morgan fingerprint density at radius 2 is 1.86 bits per heavy atom. The summed E-state index contributed by atoms with van der Waals surface area (Å²) in [5.41, 5.74) is 0. The van der Waals surface area contributed by atoms with Crippen molar-refractivity contribution in [3.8, 4) is 0 Å². The highest BCUT2D eigenvalue weighted by Gasteiger charge is 2.28. The maximum atomic E-state index is 5.66. The van der Waals surface area contributed by atoms with Crippen LogP contribution < -0.4 is 0 Å². The number of hydrogen-bond acceptors (Lipinski definition) is 3. The Balaban J connectivity index is 3.51. The van der Waals surface area contributed by atoms with Gasteiger partial charge in [-0.15, -0.1) is 0 Å². The summed E-state index contributed by atoms with van der Waals surface area (Å²) in [7, 11) is -0.178. The third kappa shape index (κ3) is 6.54. The molecule has 4 heteroatoms. The van der Waals surface area contributed by atoms with Crippen LogP contribution in [0.15, 0.2) is 0 Å². The summed E-state index contributed by atoms with van der Waals surface area (Å²) in [5.74, 6) is 0. The molecule has 3 nitrogen and oxygen atoms in total. The first-order valence-electron chi connectivity index (χ1n) is 5.45. The molecule has 0 aliphatic heterocycles. The average molecular weight is 220 g/mol. The third-order valence-corrected chi connectivity index (χ3v) is 5.23. The van der Waals surface area contributed by atoms with Crippen LogP contribution in [0.3, 0.4) is 0 Å². The van der Waals surface area contributed by atoms with Crippen molar-refractivity contribution >= 4 is 8.56 Å². The van der Waals surface area contributed by atoms with Gasteiger partial charge in [0, 0.05) is 13.7 Å². The molecule has 1 atom stereocenters. The number of rotatable bonds is 9. The Kier molecular flexibility index (Phi) is 8.47. The van der Waals surface area contributed by atoms with Crippen molar-refractivity contribution in [2.24, 2.45) is 0 Å². The molecule has 0 radical (unpaired) electrons. The lowest BCUT2D eigenvalue weighted by atomic mass is 10.4. The lowest BCUT2D eigenvalue weighted by Gasteiger charge is -2.24. The molecule has 0 fully saturated rings. The van der Waals surface area contributed by atoms with Crippen LogP contribution in [0, 0.1) is 0 Å². The average Bonchev–Trinajstić information content (AvgIpc) is 2.18. The van der Waals surface area contributed by atoms with Crippen LogP contribution in [0.2, 0.25) is 12.6 Å². The summed E-state index contributed by atoms with van der Waals surface area (Å²) in [6, 6.07) is 1.03. The second kappa shape index (κ2) is 8.41. The lowest BCUT2D eigenvalue weighted by molar-refractivity contribution is -0.00715. The van der Waals surface area contributed by atoms with E-state index in [-0.39, 0.29) is 0 Å². The van der Waals surface area contributed by atoms with Crippen LogP contribution in [-0.2, 0) is 13.6 Å². The van der Waals surface area contributed by atoms with Gasteiger partial charge in [0.15, 0.2) is 0 Å². The number of ether oxygens (including phenoxy) is 1. The molecule has 0 heterocycles. The van der Waals surface area contributed by atoms with Gasteiger partial charge in [-0.2, -0.15) is 0 Å². The molecular weight excluding hydrogens is 196 g/mol. The number of unbranched alkanes of at least 4 members (excludes halogenated alkanes) is 1. The highest BCUT2D eigenvalue weighted by molar-refractivity contribution is 6.65. The molecule has 0 amide bonds. The second-order valence-electron chi connectivity index (χ2n) is 3.61.